The maximum atomic E-state index is 12.2. The lowest BCUT2D eigenvalue weighted by Crippen LogP contribution is -2.60. The Kier molecular flexibility index (Phi) is 4.14. The molecule has 20 heavy (non-hydrogen) atoms. The molecule has 3 atom stereocenters. The Morgan fingerprint density at radius 2 is 2.10 bits per heavy atom. The molecule has 0 bridgehead atoms. The first kappa shape index (κ1) is 16.1. The molecule has 0 aliphatic carbocycles. The van der Waals surface area contributed by atoms with E-state index in [-0.39, 0.29) is 34.9 Å². The van der Waals surface area contributed by atoms with Crippen LogP contribution in [0.3, 0.4) is 0 Å². The minimum atomic E-state index is -1.86. The summed E-state index contributed by atoms with van der Waals surface area (Å²) in [7, 11) is -1.86. The first-order valence-electron chi connectivity index (χ1n) is 7.06. The molecular formula is C14H25NO3SSi. The van der Waals surface area contributed by atoms with Crippen LogP contribution < -0.4 is 0 Å². The Morgan fingerprint density at radius 1 is 1.50 bits per heavy atom. The average Bonchev–Trinajstić information content (AvgIpc) is 2.65. The van der Waals surface area contributed by atoms with Crippen molar-refractivity contribution in [3.8, 4) is 0 Å². The lowest BCUT2D eigenvalue weighted by Gasteiger charge is -2.47. The maximum absolute atomic E-state index is 12.2. The van der Waals surface area contributed by atoms with Crippen molar-refractivity contribution in [2.24, 2.45) is 5.92 Å². The standard InChI is InChI=1S/C14H25NO3SSi/c1-9(18-20(5,6)14(2,3)4)11-12(17)15-7-10(8-16)19-13(11)15/h7,9,11,13,16H,8H2,1-6H3/t9-,11-,13-/m1/s1. The fourth-order valence-corrected chi connectivity index (χ4v) is 5.10. The summed E-state index contributed by atoms with van der Waals surface area (Å²) in [5, 5.41) is 9.44. The van der Waals surface area contributed by atoms with Gasteiger partial charge < -0.3 is 14.4 Å². The van der Waals surface area contributed by atoms with Crippen molar-refractivity contribution in [3.05, 3.63) is 11.1 Å². The molecule has 2 rings (SSSR count). The largest absolute Gasteiger partial charge is 0.413 e. The fraction of sp³-hybridized carbons (Fsp3) is 0.786. The molecule has 1 amide bonds. The Labute approximate surface area is 126 Å². The highest BCUT2D eigenvalue weighted by Gasteiger charge is 2.54. The van der Waals surface area contributed by atoms with Gasteiger partial charge in [-0.15, -0.1) is 11.8 Å². The number of rotatable bonds is 4. The molecule has 2 aliphatic heterocycles. The molecule has 4 nitrogen and oxygen atoms in total. The summed E-state index contributed by atoms with van der Waals surface area (Å²) in [5.74, 6) is 0.0339. The van der Waals surface area contributed by atoms with Gasteiger partial charge in [0, 0.05) is 11.1 Å². The summed E-state index contributed by atoms with van der Waals surface area (Å²) >= 11 is 1.59. The van der Waals surface area contributed by atoms with Gasteiger partial charge in [-0.2, -0.15) is 0 Å². The third-order valence-corrected chi connectivity index (χ3v) is 10.5. The van der Waals surface area contributed by atoms with Crippen molar-refractivity contribution in [2.75, 3.05) is 6.61 Å². The monoisotopic (exact) mass is 315 g/mol. The second-order valence-electron chi connectivity index (χ2n) is 7.12. The summed E-state index contributed by atoms with van der Waals surface area (Å²) in [6.45, 7) is 13.1. The number of β-lactam (4-membered cyclic amide) rings is 1. The van der Waals surface area contributed by atoms with Crippen molar-refractivity contribution in [1.29, 1.82) is 0 Å². The molecular weight excluding hydrogens is 290 g/mol. The van der Waals surface area contributed by atoms with E-state index in [1.165, 1.54) is 0 Å². The molecule has 1 fully saturated rings. The van der Waals surface area contributed by atoms with E-state index >= 15 is 0 Å². The number of fused-ring (bicyclic) bond motifs is 1. The Morgan fingerprint density at radius 3 is 2.60 bits per heavy atom. The van der Waals surface area contributed by atoms with Crippen molar-refractivity contribution in [2.45, 2.75) is 57.3 Å². The highest BCUT2D eigenvalue weighted by atomic mass is 32.2. The van der Waals surface area contributed by atoms with E-state index in [2.05, 4.69) is 33.9 Å². The zero-order valence-corrected chi connectivity index (χ0v) is 15.0. The van der Waals surface area contributed by atoms with Crippen molar-refractivity contribution in [3.63, 3.8) is 0 Å². The van der Waals surface area contributed by atoms with Crippen molar-refractivity contribution < 1.29 is 14.3 Å². The molecule has 0 aromatic heterocycles. The first-order chi connectivity index (χ1) is 9.08. The van der Waals surface area contributed by atoms with E-state index in [0.717, 1.165) is 4.91 Å². The van der Waals surface area contributed by atoms with E-state index < -0.39 is 8.32 Å². The smallest absolute Gasteiger partial charge is 0.236 e. The Bertz CT molecular complexity index is 444. The van der Waals surface area contributed by atoms with Crippen LogP contribution >= 0.6 is 11.8 Å². The Hall–Kier alpha value is -0.303. The quantitative estimate of drug-likeness (QED) is 0.640. The zero-order chi connectivity index (χ0) is 15.3. The number of amides is 1. The third-order valence-electron chi connectivity index (χ3n) is 4.62. The summed E-state index contributed by atoms with van der Waals surface area (Å²) in [4.78, 5) is 14.8. The lowest BCUT2D eigenvalue weighted by atomic mass is 9.93. The van der Waals surface area contributed by atoms with Crippen LogP contribution in [0.25, 0.3) is 0 Å². The van der Waals surface area contributed by atoms with Crippen LogP contribution in [0, 0.1) is 5.92 Å². The molecule has 0 unspecified atom stereocenters. The molecule has 1 saturated heterocycles. The summed E-state index contributed by atoms with van der Waals surface area (Å²) in [6.07, 6.45) is 1.70. The number of nitrogens with zero attached hydrogens (tertiary/aromatic N) is 1. The van der Waals surface area contributed by atoms with E-state index in [0.29, 0.717) is 0 Å². The number of aliphatic hydroxyl groups excluding tert-OH is 1. The highest BCUT2D eigenvalue weighted by Crippen LogP contribution is 2.48. The number of carbonyl (C=O) groups excluding carboxylic acids is 1. The van der Waals surface area contributed by atoms with Gasteiger partial charge in [-0.1, -0.05) is 20.8 Å². The molecule has 114 valence electrons. The topological polar surface area (TPSA) is 49.8 Å². The molecule has 6 heteroatoms. The van der Waals surface area contributed by atoms with Gasteiger partial charge in [0.05, 0.1) is 18.6 Å². The maximum Gasteiger partial charge on any atom is 0.236 e. The van der Waals surface area contributed by atoms with E-state index in [1.54, 1.807) is 22.9 Å². The van der Waals surface area contributed by atoms with Crippen LogP contribution in [-0.4, -0.2) is 42.3 Å². The number of hydrogen-bond acceptors (Lipinski definition) is 4. The molecule has 2 aliphatic rings. The van der Waals surface area contributed by atoms with Gasteiger partial charge in [0.1, 0.15) is 5.37 Å². The first-order valence-corrected chi connectivity index (χ1v) is 10.9. The van der Waals surface area contributed by atoms with Gasteiger partial charge in [-0.05, 0) is 25.1 Å². The van der Waals surface area contributed by atoms with Crippen molar-refractivity contribution >= 4 is 26.0 Å². The highest BCUT2D eigenvalue weighted by molar-refractivity contribution is 8.04. The predicted octanol–water partition coefficient (Wildman–Crippen LogP) is 2.76. The van der Waals surface area contributed by atoms with Gasteiger partial charge in [-0.3, -0.25) is 4.79 Å². The minimum absolute atomic E-state index is 0.00907. The van der Waals surface area contributed by atoms with Crippen LogP contribution in [-0.2, 0) is 9.22 Å². The van der Waals surface area contributed by atoms with Gasteiger partial charge >= 0.3 is 0 Å². The van der Waals surface area contributed by atoms with Crippen LogP contribution in [0.4, 0.5) is 0 Å². The normalized spacial score (nSPS) is 28.1. The predicted molar refractivity (Wildman–Crippen MR) is 84.6 cm³/mol. The van der Waals surface area contributed by atoms with Crippen LogP contribution in [0.15, 0.2) is 11.1 Å². The third kappa shape index (κ3) is 2.58. The second kappa shape index (κ2) is 5.16. The van der Waals surface area contributed by atoms with Crippen LogP contribution in [0.2, 0.25) is 18.1 Å². The van der Waals surface area contributed by atoms with Crippen LogP contribution in [0.5, 0.6) is 0 Å². The lowest BCUT2D eigenvalue weighted by molar-refractivity contribution is -0.150. The number of aliphatic hydroxyl groups is 1. The number of hydrogen-bond donors (Lipinski definition) is 1. The molecule has 0 saturated carbocycles. The summed E-state index contributed by atoms with van der Waals surface area (Å²) in [6, 6.07) is 0. The molecule has 0 spiro atoms. The number of thioether (sulfide) groups is 1. The van der Waals surface area contributed by atoms with E-state index in [9.17, 15) is 9.90 Å². The minimum Gasteiger partial charge on any atom is -0.413 e. The molecule has 0 radical (unpaired) electrons. The zero-order valence-electron chi connectivity index (χ0n) is 13.1. The Balaban J connectivity index is 2.03. The van der Waals surface area contributed by atoms with Crippen LogP contribution in [0.1, 0.15) is 27.7 Å². The summed E-state index contributed by atoms with van der Waals surface area (Å²) in [5.41, 5.74) is 0. The molecule has 0 aromatic carbocycles. The van der Waals surface area contributed by atoms with Crippen molar-refractivity contribution in [1.82, 2.24) is 4.90 Å². The van der Waals surface area contributed by atoms with Gasteiger partial charge in [-0.25, -0.2) is 0 Å². The van der Waals surface area contributed by atoms with Gasteiger partial charge in [0.15, 0.2) is 8.32 Å². The number of carbonyl (C=O) groups is 1. The van der Waals surface area contributed by atoms with E-state index in [1.807, 2.05) is 6.92 Å². The van der Waals surface area contributed by atoms with Gasteiger partial charge in [0.25, 0.3) is 0 Å². The van der Waals surface area contributed by atoms with E-state index in [4.69, 9.17) is 4.43 Å². The molecule has 1 N–H and O–H groups in total. The second-order valence-corrected chi connectivity index (χ2v) is 13.1. The van der Waals surface area contributed by atoms with Gasteiger partial charge in [0.2, 0.25) is 5.91 Å². The summed E-state index contributed by atoms with van der Waals surface area (Å²) < 4.78 is 6.35. The molecule has 2 heterocycles. The molecule has 0 aromatic rings. The average molecular weight is 316 g/mol. The SMILES string of the molecule is C[C@@H](O[Si](C)(C)C(C)(C)C)[C@@H]1C(=O)N2C=C(CO)S[C@H]12. The fourth-order valence-electron chi connectivity index (χ4n) is 2.34.